The molecule has 0 aromatic heterocycles. The molecule has 0 saturated carbocycles. The van der Waals surface area contributed by atoms with Crippen molar-refractivity contribution in [1.82, 2.24) is 5.32 Å². The zero-order valence-electron chi connectivity index (χ0n) is 13.7. The number of hydrogen-bond acceptors (Lipinski definition) is 3. The third-order valence-electron chi connectivity index (χ3n) is 3.45. The minimum Gasteiger partial charge on any atom is -0.493 e. The van der Waals surface area contributed by atoms with Crippen molar-refractivity contribution in [3.05, 3.63) is 56.0 Å². The van der Waals surface area contributed by atoms with Crippen LogP contribution < -0.4 is 14.8 Å². The number of hydrogen-bond donors (Lipinski definition) is 1. The monoisotopic (exact) mass is 431 g/mol. The molecular weight excluding hydrogens is 413 g/mol. The number of halogens is 3. The van der Waals surface area contributed by atoms with Crippen molar-refractivity contribution >= 4 is 39.1 Å². The summed E-state index contributed by atoms with van der Waals surface area (Å²) in [6, 6.07) is 9.36. The van der Waals surface area contributed by atoms with Crippen LogP contribution in [0.25, 0.3) is 0 Å². The van der Waals surface area contributed by atoms with E-state index in [1.165, 1.54) is 0 Å². The number of ether oxygens (including phenoxy) is 2. The fourth-order valence-corrected chi connectivity index (χ4v) is 2.96. The Labute approximate surface area is 161 Å². The largest absolute Gasteiger partial charge is 0.493 e. The van der Waals surface area contributed by atoms with E-state index in [0.717, 1.165) is 35.1 Å². The SMILES string of the molecule is CCCNCc1cc(OC)c(OCc2ccc(Cl)c(Cl)c2)cc1Br. The fraction of sp³-hybridized carbons (Fsp3) is 0.333. The third kappa shape index (κ3) is 5.28. The van der Waals surface area contributed by atoms with E-state index in [-0.39, 0.29) is 0 Å². The van der Waals surface area contributed by atoms with E-state index >= 15 is 0 Å². The van der Waals surface area contributed by atoms with E-state index in [2.05, 4.69) is 28.2 Å². The van der Waals surface area contributed by atoms with Gasteiger partial charge in [0.25, 0.3) is 0 Å². The highest BCUT2D eigenvalue weighted by atomic mass is 79.9. The van der Waals surface area contributed by atoms with Crippen LogP contribution in [0.5, 0.6) is 11.5 Å². The topological polar surface area (TPSA) is 30.5 Å². The molecule has 0 radical (unpaired) electrons. The van der Waals surface area contributed by atoms with Crippen LogP contribution in [0.4, 0.5) is 0 Å². The average molecular weight is 433 g/mol. The van der Waals surface area contributed by atoms with Crippen molar-refractivity contribution in [2.45, 2.75) is 26.5 Å². The van der Waals surface area contributed by atoms with E-state index < -0.39 is 0 Å². The lowest BCUT2D eigenvalue weighted by atomic mass is 10.2. The maximum atomic E-state index is 6.03. The van der Waals surface area contributed by atoms with E-state index in [4.69, 9.17) is 32.7 Å². The Bertz CT molecular complexity index is 695. The maximum Gasteiger partial charge on any atom is 0.162 e. The first-order valence-corrected chi connectivity index (χ1v) is 9.24. The highest BCUT2D eigenvalue weighted by Crippen LogP contribution is 2.34. The maximum absolute atomic E-state index is 6.03. The molecular formula is C18H20BrCl2NO2. The van der Waals surface area contributed by atoms with Crippen LogP contribution in [-0.2, 0) is 13.2 Å². The Morgan fingerprint density at radius 2 is 1.88 bits per heavy atom. The Balaban J connectivity index is 2.11. The quantitative estimate of drug-likeness (QED) is 0.531. The summed E-state index contributed by atoms with van der Waals surface area (Å²) in [6.07, 6.45) is 1.10. The molecule has 2 aromatic carbocycles. The molecule has 0 atom stereocenters. The van der Waals surface area contributed by atoms with Gasteiger partial charge in [0.2, 0.25) is 0 Å². The standard InChI is InChI=1S/C18H20BrCl2NO2/c1-3-6-22-10-13-8-17(23-2)18(9-14(13)19)24-11-12-4-5-15(20)16(21)7-12/h4-5,7-9,22H,3,6,10-11H2,1-2H3. The Morgan fingerprint density at radius 3 is 2.54 bits per heavy atom. The minimum absolute atomic E-state index is 0.382. The van der Waals surface area contributed by atoms with Gasteiger partial charge < -0.3 is 14.8 Å². The summed E-state index contributed by atoms with van der Waals surface area (Å²) >= 11 is 15.6. The zero-order valence-corrected chi connectivity index (χ0v) is 16.8. The van der Waals surface area contributed by atoms with Crippen LogP contribution in [0, 0.1) is 0 Å². The van der Waals surface area contributed by atoms with Crippen molar-refractivity contribution in [3.8, 4) is 11.5 Å². The number of benzene rings is 2. The fourth-order valence-electron chi connectivity index (χ4n) is 2.18. The van der Waals surface area contributed by atoms with Gasteiger partial charge in [-0.25, -0.2) is 0 Å². The van der Waals surface area contributed by atoms with Crippen LogP contribution in [0.15, 0.2) is 34.8 Å². The van der Waals surface area contributed by atoms with Gasteiger partial charge in [0, 0.05) is 11.0 Å². The van der Waals surface area contributed by atoms with Crippen molar-refractivity contribution in [2.75, 3.05) is 13.7 Å². The van der Waals surface area contributed by atoms with E-state index in [1.807, 2.05) is 18.2 Å². The van der Waals surface area contributed by atoms with Crippen LogP contribution in [0.3, 0.4) is 0 Å². The number of methoxy groups -OCH3 is 1. The summed E-state index contributed by atoms with van der Waals surface area (Å²) < 4.78 is 12.3. The van der Waals surface area contributed by atoms with Crippen molar-refractivity contribution in [1.29, 1.82) is 0 Å². The van der Waals surface area contributed by atoms with Crippen molar-refractivity contribution in [3.63, 3.8) is 0 Å². The molecule has 2 aromatic rings. The van der Waals surface area contributed by atoms with Gasteiger partial charge in [0.15, 0.2) is 11.5 Å². The van der Waals surface area contributed by atoms with Crippen LogP contribution in [0.2, 0.25) is 10.0 Å². The Hall–Kier alpha value is -0.940. The summed E-state index contributed by atoms with van der Waals surface area (Å²) in [5.74, 6) is 1.38. The van der Waals surface area contributed by atoms with E-state index in [0.29, 0.717) is 28.2 Å². The number of nitrogens with one attached hydrogen (secondary N) is 1. The minimum atomic E-state index is 0.382. The summed E-state index contributed by atoms with van der Waals surface area (Å²) in [6.45, 7) is 4.28. The average Bonchev–Trinajstić information content (AvgIpc) is 2.57. The molecule has 0 heterocycles. The second-order valence-electron chi connectivity index (χ2n) is 5.31. The molecule has 3 nitrogen and oxygen atoms in total. The van der Waals surface area contributed by atoms with Crippen LogP contribution in [-0.4, -0.2) is 13.7 Å². The summed E-state index contributed by atoms with van der Waals surface area (Å²) in [5.41, 5.74) is 2.07. The van der Waals surface area contributed by atoms with Gasteiger partial charge in [0.1, 0.15) is 6.61 Å². The predicted molar refractivity (Wildman–Crippen MR) is 103 cm³/mol. The molecule has 0 saturated heterocycles. The molecule has 1 N–H and O–H groups in total. The van der Waals surface area contributed by atoms with Gasteiger partial charge in [-0.15, -0.1) is 0 Å². The highest BCUT2D eigenvalue weighted by Gasteiger charge is 2.11. The van der Waals surface area contributed by atoms with Gasteiger partial charge in [-0.3, -0.25) is 0 Å². The third-order valence-corrected chi connectivity index (χ3v) is 4.93. The molecule has 6 heteroatoms. The molecule has 0 bridgehead atoms. The number of rotatable bonds is 8. The first kappa shape index (κ1) is 19.4. The lowest BCUT2D eigenvalue weighted by molar-refractivity contribution is 0.284. The normalized spacial score (nSPS) is 10.7. The Morgan fingerprint density at radius 1 is 1.08 bits per heavy atom. The smallest absolute Gasteiger partial charge is 0.162 e. The zero-order chi connectivity index (χ0) is 17.5. The summed E-state index contributed by atoms with van der Waals surface area (Å²) in [7, 11) is 1.64. The highest BCUT2D eigenvalue weighted by molar-refractivity contribution is 9.10. The molecule has 130 valence electrons. The van der Waals surface area contributed by atoms with E-state index in [9.17, 15) is 0 Å². The molecule has 2 rings (SSSR count). The lowest BCUT2D eigenvalue weighted by Crippen LogP contribution is -2.14. The molecule has 0 amide bonds. The first-order valence-electron chi connectivity index (χ1n) is 7.69. The van der Waals surface area contributed by atoms with Gasteiger partial charge in [-0.05, 0) is 48.4 Å². The Kier molecular flexibility index (Phi) is 7.69. The van der Waals surface area contributed by atoms with Crippen LogP contribution in [0.1, 0.15) is 24.5 Å². The molecule has 0 aliphatic carbocycles. The summed E-state index contributed by atoms with van der Waals surface area (Å²) in [5, 5.41) is 4.43. The first-order chi connectivity index (χ1) is 11.5. The molecule has 0 fully saturated rings. The van der Waals surface area contributed by atoms with Crippen molar-refractivity contribution in [2.24, 2.45) is 0 Å². The van der Waals surface area contributed by atoms with E-state index in [1.54, 1.807) is 19.2 Å². The molecule has 0 unspecified atom stereocenters. The van der Waals surface area contributed by atoms with Gasteiger partial charge in [-0.1, -0.05) is 52.1 Å². The lowest BCUT2D eigenvalue weighted by Gasteiger charge is -2.14. The second kappa shape index (κ2) is 9.52. The van der Waals surface area contributed by atoms with Crippen LogP contribution >= 0.6 is 39.1 Å². The van der Waals surface area contributed by atoms with Gasteiger partial charge in [-0.2, -0.15) is 0 Å². The predicted octanol–water partition coefficient (Wildman–Crippen LogP) is 5.84. The molecule has 24 heavy (non-hydrogen) atoms. The second-order valence-corrected chi connectivity index (χ2v) is 6.98. The van der Waals surface area contributed by atoms with Crippen molar-refractivity contribution < 1.29 is 9.47 Å². The molecule has 0 aliphatic heterocycles. The van der Waals surface area contributed by atoms with Gasteiger partial charge in [0.05, 0.1) is 17.2 Å². The molecule has 0 aliphatic rings. The summed E-state index contributed by atoms with van der Waals surface area (Å²) in [4.78, 5) is 0. The van der Waals surface area contributed by atoms with Gasteiger partial charge >= 0.3 is 0 Å². The molecule has 0 spiro atoms.